The summed E-state index contributed by atoms with van der Waals surface area (Å²) in [5.74, 6) is -0.611. The maximum Gasteiger partial charge on any atom is 0.256 e. The first-order valence-electron chi connectivity index (χ1n) is 11.2. The van der Waals surface area contributed by atoms with E-state index in [-0.39, 0.29) is 30.1 Å². The fourth-order valence-electron chi connectivity index (χ4n) is 4.03. The molecule has 0 radical (unpaired) electrons. The number of carbonyl (C=O) groups is 1. The van der Waals surface area contributed by atoms with Crippen molar-refractivity contribution in [3.63, 3.8) is 0 Å². The standard InChI is InChI=1S/C20H21FN6O/c1-12-4-5-16-14(9-13(21)10-22-16)17-3-2-7-26(17)18-6-8-27-19(25-18)15(11-23-27)20(28)24-12/h6,8-12,17H,2-5,7H2,1H3,(H,24,28)/t12-,17+/m0/s1/i1D3,12D. The average Bonchev–Trinajstić information content (AvgIpc) is 3.38. The van der Waals surface area contributed by atoms with Gasteiger partial charge in [-0.05, 0) is 50.2 Å². The van der Waals surface area contributed by atoms with Crippen molar-refractivity contribution in [3.8, 4) is 0 Å². The number of hydrogen-bond acceptors (Lipinski definition) is 5. The summed E-state index contributed by atoms with van der Waals surface area (Å²) in [6, 6.07) is 0.732. The van der Waals surface area contributed by atoms with E-state index in [0.29, 0.717) is 23.6 Å². The first-order chi connectivity index (χ1) is 15.2. The van der Waals surface area contributed by atoms with Gasteiger partial charge in [0.05, 0.1) is 19.8 Å². The summed E-state index contributed by atoms with van der Waals surface area (Å²) < 4.78 is 48.0. The molecule has 2 bridgehead atoms. The van der Waals surface area contributed by atoms with Gasteiger partial charge in [0.15, 0.2) is 5.65 Å². The molecule has 1 fully saturated rings. The van der Waals surface area contributed by atoms with Gasteiger partial charge in [0.2, 0.25) is 0 Å². The Morgan fingerprint density at radius 2 is 2.32 bits per heavy atom. The molecule has 1 amide bonds. The van der Waals surface area contributed by atoms with Crippen LogP contribution < -0.4 is 10.2 Å². The number of nitrogens with one attached hydrogen (secondary N) is 1. The first kappa shape index (κ1) is 13.2. The smallest absolute Gasteiger partial charge is 0.256 e. The van der Waals surface area contributed by atoms with Gasteiger partial charge in [0.1, 0.15) is 17.2 Å². The molecule has 2 atom stereocenters. The SMILES string of the molecule is [2H]C([2H])([2H])[C@@]1([2H])CCc2ncc(F)cc2[C@H]2CCCN2c2ccn3ncc(c3n2)C(=O)N1. The molecular weight excluding hydrogens is 359 g/mol. The maximum atomic E-state index is 14.2. The number of carbonyl (C=O) groups excluding carboxylic acids is 1. The number of amides is 1. The number of hydrogen-bond donors (Lipinski definition) is 1. The number of halogens is 1. The van der Waals surface area contributed by atoms with Crippen LogP contribution in [0.25, 0.3) is 5.65 Å². The van der Waals surface area contributed by atoms with E-state index in [0.717, 1.165) is 19.0 Å². The zero-order valence-corrected chi connectivity index (χ0v) is 15.0. The molecule has 5 heterocycles. The van der Waals surface area contributed by atoms with Crippen molar-refractivity contribution in [1.82, 2.24) is 24.9 Å². The Balaban J connectivity index is 1.72. The van der Waals surface area contributed by atoms with Crippen LogP contribution in [0.2, 0.25) is 0 Å². The van der Waals surface area contributed by atoms with Crippen molar-refractivity contribution in [2.45, 2.75) is 44.6 Å². The third kappa shape index (κ3) is 2.80. The van der Waals surface area contributed by atoms with Crippen LogP contribution in [0.4, 0.5) is 10.2 Å². The van der Waals surface area contributed by atoms with Crippen molar-refractivity contribution in [2.24, 2.45) is 0 Å². The average molecular weight is 384 g/mol. The molecule has 28 heavy (non-hydrogen) atoms. The highest BCUT2D eigenvalue weighted by Gasteiger charge is 2.31. The lowest BCUT2D eigenvalue weighted by Gasteiger charge is -2.27. The second kappa shape index (κ2) is 6.54. The van der Waals surface area contributed by atoms with E-state index in [2.05, 4.69) is 20.4 Å². The minimum absolute atomic E-state index is 0.0874. The molecule has 0 aromatic carbocycles. The molecule has 3 aromatic rings. The first-order valence-corrected chi connectivity index (χ1v) is 9.24. The van der Waals surface area contributed by atoms with Crippen molar-refractivity contribution in [3.05, 3.63) is 53.4 Å². The van der Waals surface area contributed by atoms with Gasteiger partial charge < -0.3 is 10.2 Å². The van der Waals surface area contributed by atoms with Crippen molar-refractivity contribution in [1.29, 1.82) is 0 Å². The number of fused-ring (bicyclic) bond motifs is 5. The number of anilines is 1. The Kier molecular flexibility index (Phi) is 3.08. The van der Waals surface area contributed by atoms with Crippen LogP contribution in [0.1, 0.15) is 59.3 Å². The summed E-state index contributed by atoms with van der Waals surface area (Å²) in [6.07, 6.45) is 5.56. The van der Waals surface area contributed by atoms with E-state index in [1.807, 2.05) is 4.90 Å². The molecule has 0 spiro atoms. The number of rotatable bonds is 0. The fourth-order valence-corrected chi connectivity index (χ4v) is 4.03. The van der Waals surface area contributed by atoms with Crippen LogP contribution in [0.3, 0.4) is 0 Å². The zero-order chi connectivity index (χ0) is 22.7. The quantitative estimate of drug-likeness (QED) is 0.645. The van der Waals surface area contributed by atoms with Crippen LogP contribution in [-0.2, 0) is 6.42 Å². The van der Waals surface area contributed by atoms with Gasteiger partial charge in [-0.25, -0.2) is 13.9 Å². The van der Waals surface area contributed by atoms with Crippen LogP contribution in [0.15, 0.2) is 30.7 Å². The van der Waals surface area contributed by atoms with Gasteiger partial charge in [-0.2, -0.15) is 5.10 Å². The fraction of sp³-hybridized carbons (Fsp3) is 0.400. The second-order valence-corrected chi connectivity index (χ2v) is 7.09. The normalized spacial score (nSPS) is 27.4. The lowest BCUT2D eigenvalue weighted by molar-refractivity contribution is 0.0940. The third-order valence-electron chi connectivity index (χ3n) is 5.35. The molecule has 1 N–H and O–H groups in total. The monoisotopic (exact) mass is 384 g/mol. The van der Waals surface area contributed by atoms with E-state index in [1.54, 1.807) is 12.3 Å². The highest BCUT2D eigenvalue weighted by molar-refractivity contribution is 5.99. The Bertz CT molecular complexity index is 1210. The molecule has 0 aliphatic carbocycles. The molecule has 2 aliphatic rings. The minimum Gasteiger partial charge on any atom is -0.349 e. The number of pyridine rings is 1. The lowest BCUT2D eigenvalue weighted by Crippen LogP contribution is -2.33. The third-order valence-corrected chi connectivity index (χ3v) is 5.35. The van der Waals surface area contributed by atoms with Crippen LogP contribution >= 0.6 is 0 Å². The van der Waals surface area contributed by atoms with Gasteiger partial charge in [-0.3, -0.25) is 9.78 Å². The van der Waals surface area contributed by atoms with E-state index < -0.39 is 24.6 Å². The largest absolute Gasteiger partial charge is 0.349 e. The van der Waals surface area contributed by atoms with E-state index in [1.165, 1.54) is 16.8 Å². The summed E-state index contributed by atoms with van der Waals surface area (Å²) in [7, 11) is 0. The molecule has 0 unspecified atom stereocenters. The van der Waals surface area contributed by atoms with Gasteiger partial charge in [0.25, 0.3) is 5.91 Å². The topological polar surface area (TPSA) is 75.4 Å². The predicted octanol–water partition coefficient (Wildman–Crippen LogP) is 2.67. The van der Waals surface area contributed by atoms with Gasteiger partial charge in [-0.15, -0.1) is 0 Å². The van der Waals surface area contributed by atoms with E-state index in [4.69, 9.17) is 5.48 Å². The number of aryl methyl sites for hydroxylation is 1. The van der Waals surface area contributed by atoms with E-state index >= 15 is 0 Å². The van der Waals surface area contributed by atoms with Crippen molar-refractivity contribution < 1.29 is 14.7 Å². The van der Waals surface area contributed by atoms with E-state index in [9.17, 15) is 9.18 Å². The Labute approximate surface area is 167 Å². The second-order valence-electron chi connectivity index (χ2n) is 7.09. The molecule has 144 valence electrons. The zero-order valence-electron chi connectivity index (χ0n) is 19.0. The lowest BCUT2D eigenvalue weighted by atomic mass is 9.98. The predicted molar refractivity (Wildman–Crippen MR) is 102 cm³/mol. The maximum absolute atomic E-state index is 14.2. The molecule has 7 nitrogen and oxygen atoms in total. The Morgan fingerprint density at radius 3 is 3.21 bits per heavy atom. The summed E-state index contributed by atoms with van der Waals surface area (Å²) in [6.45, 7) is -2.11. The molecule has 1 saturated heterocycles. The molecular formula is C20H21FN6O. The minimum atomic E-state index is -2.80. The van der Waals surface area contributed by atoms with Gasteiger partial charge >= 0.3 is 0 Å². The Morgan fingerprint density at radius 1 is 1.39 bits per heavy atom. The van der Waals surface area contributed by atoms with Crippen molar-refractivity contribution >= 4 is 17.4 Å². The highest BCUT2D eigenvalue weighted by atomic mass is 19.1. The van der Waals surface area contributed by atoms with Crippen LogP contribution in [0, 0.1) is 5.82 Å². The molecule has 5 rings (SSSR count). The number of nitrogens with zero attached hydrogens (tertiary/aromatic N) is 5. The van der Waals surface area contributed by atoms with Gasteiger partial charge in [0, 0.05) is 28.6 Å². The molecule has 2 aliphatic heterocycles. The van der Waals surface area contributed by atoms with Crippen LogP contribution in [-0.4, -0.2) is 38.1 Å². The van der Waals surface area contributed by atoms with Gasteiger partial charge in [-0.1, -0.05) is 0 Å². The molecule has 8 heteroatoms. The molecule has 0 saturated carbocycles. The summed E-state index contributed by atoms with van der Waals surface area (Å²) >= 11 is 0. The van der Waals surface area contributed by atoms with Crippen LogP contribution in [0.5, 0.6) is 0 Å². The Hall–Kier alpha value is -3.03. The summed E-state index contributed by atoms with van der Waals surface area (Å²) in [4.78, 5) is 23.9. The summed E-state index contributed by atoms with van der Waals surface area (Å²) in [5.41, 5.74) is 1.51. The number of aromatic nitrogens is 4. The van der Waals surface area contributed by atoms with Crippen molar-refractivity contribution in [2.75, 3.05) is 11.4 Å². The summed E-state index contributed by atoms with van der Waals surface area (Å²) in [5, 5.41) is 6.52. The molecule has 3 aromatic heterocycles. The highest BCUT2D eigenvalue weighted by Crippen LogP contribution is 2.37.